The van der Waals surface area contributed by atoms with E-state index in [1.165, 1.54) is 0 Å². The van der Waals surface area contributed by atoms with Gasteiger partial charge in [-0.3, -0.25) is 4.40 Å². The van der Waals surface area contributed by atoms with E-state index in [0.717, 1.165) is 37.5 Å². The quantitative estimate of drug-likeness (QED) is 0.681. The van der Waals surface area contributed by atoms with E-state index in [4.69, 9.17) is 9.47 Å². The van der Waals surface area contributed by atoms with E-state index < -0.39 is 0 Å². The Morgan fingerprint density at radius 2 is 2.21 bits per heavy atom. The third-order valence-corrected chi connectivity index (χ3v) is 2.66. The number of hydrogen-bond donors (Lipinski definition) is 1. The molecule has 104 valence electrons. The minimum atomic E-state index is 0.650. The number of anilines is 1. The highest BCUT2D eigenvalue weighted by Crippen LogP contribution is 2.09. The Morgan fingerprint density at radius 3 is 3.11 bits per heavy atom. The van der Waals surface area contributed by atoms with Gasteiger partial charge in [-0.05, 0) is 12.8 Å². The second-order valence-corrected chi connectivity index (χ2v) is 4.08. The first-order chi connectivity index (χ1) is 9.42. The lowest BCUT2D eigenvalue weighted by molar-refractivity contribution is 0.0691. The summed E-state index contributed by atoms with van der Waals surface area (Å²) in [6.07, 6.45) is 7.24. The molecule has 0 aliphatic heterocycles. The molecule has 0 aliphatic rings. The molecule has 2 aromatic rings. The standard InChI is InChI=1S/C12H19N5O2/c1-18-8-9-19-7-3-2-4-13-11-12-16-15-10-17(12)6-5-14-11/h5-6,10H,2-4,7-9H2,1H3,(H,13,14). The van der Waals surface area contributed by atoms with Crippen LogP contribution in [0, 0.1) is 0 Å². The van der Waals surface area contributed by atoms with Crippen LogP contribution >= 0.6 is 0 Å². The first-order valence-electron chi connectivity index (χ1n) is 6.36. The molecule has 0 atom stereocenters. The Labute approximate surface area is 112 Å². The molecule has 7 nitrogen and oxygen atoms in total. The SMILES string of the molecule is COCCOCCCCNc1nccn2cnnc12. The van der Waals surface area contributed by atoms with Crippen molar-refractivity contribution < 1.29 is 9.47 Å². The van der Waals surface area contributed by atoms with Gasteiger partial charge >= 0.3 is 0 Å². The second kappa shape index (κ2) is 7.65. The van der Waals surface area contributed by atoms with Crippen LogP contribution in [0.1, 0.15) is 12.8 Å². The fourth-order valence-corrected chi connectivity index (χ4v) is 1.66. The number of ether oxygens (including phenoxy) is 2. The van der Waals surface area contributed by atoms with Gasteiger partial charge in [-0.25, -0.2) is 4.98 Å². The molecule has 0 amide bonds. The Hall–Kier alpha value is -1.73. The lowest BCUT2D eigenvalue weighted by atomic mass is 10.3. The van der Waals surface area contributed by atoms with Crippen LogP contribution in [0.15, 0.2) is 18.7 Å². The summed E-state index contributed by atoms with van der Waals surface area (Å²) in [6.45, 7) is 2.91. The van der Waals surface area contributed by atoms with Crippen molar-refractivity contribution in [2.75, 3.05) is 38.8 Å². The van der Waals surface area contributed by atoms with Crippen LogP contribution in [-0.2, 0) is 9.47 Å². The number of nitrogens with zero attached hydrogens (tertiary/aromatic N) is 4. The van der Waals surface area contributed by atoms with Gasteiger partial charge in [0.25, 0.3) is 0 Å². The fraction of sp³-hybridized carbons (Fsp3) is 0.583. The smallest absolute Gasteiger partial charge is 0.203 e. The molecule has 0 unspecified atom stereocenters. The molecule has 0 aromatic carbocycles. The zero-order chi connectivity index (χ0) is 13.3. The van der Waals surface area contributed by atoms with E-state index in [1.807, 2.05) is 10.6 Å². The average Bonchev–Trinajstić information content (AvgIpc) is 2.91. The van der Waals surface area contributed by atoms with Gasteiger partial charge in [-0.15, -0.1) is 10.2 Å². The zero-order valence-electron chi connectivity index (χ0n) is 11.1. The molecule has 1 N–H and O–H groups in total. The summed E-state index contributed by atoms with van der Waals surface area (Å²) in [6, 6.07) is 0. The van der Waals surface area contributed by atoms with Gasteiger partial charge in [0.1, 0.15) is 6.33 Å². The predicted molar refractivity (Wildman–Crippen MR) is 71.2 cm³/mol. The maximum atomic E-state index is 5.39. The summed E-state index contributed by atoms with van der Waals surface area (Å²) in [5.41, 5.74) is 0.749. The maximum absolute atomic E-state index is 5.39. The average molecular weight is 265 g/mol. The van der Waals surface area contributed by atoms with Crippen molar-refractivity contribution in [2.24, 2.45) is 0 Å². The third kappa shape index (κ3) is 4.15. The first-order valence-corrected chi connectivity index (χ1v) is 6.36. The Balaban J connectivity index is 1.64. The van der Waals surface area contributed by atoms with Crippen molar-refractivity contribution in [1.82, 2.24) is 19.6 Å². The van der Waals surface area contributed by atoms with Gasteiger partial charge in [0.15, 0.2) is 5.82 Å². The molecule has 2 rings (SSSR count). The lowest BCUT2D eigenvalue weighted by Crippen LogP contribution is -2.07. The van der Waals surface area contributed by atoms with Crippen molar-refractivity contribution in [1.29, 1.82) is 0 Å². The van der Waals surface area contributed by atoms with Crippen molar-refractivity contribution in [3.05, 3.63) is 18.7 Å². The molecule has 0 fully saturated rings. The highest BCUT2D eigenvalue weighted by molar-refractivity contribution is 5.61. The first kappa shape index (κ1) is 13.7. The molecule has 0 spiro atoms. The number of nitrogens with one attached hydrogen (secondary N) is 1. The minimum absolute atomic E-state index is 0.650. The molecule has 2 aromatic heterocycles. The predicted octanol–water partition coefficient (Wildman–Crippen LogP) is 0.979. The van der Waals surface area contributed by atoms with Crippen LogP contribution < -0.4 is 5.32 Å². The third-order valence-electron chi connectivity index (χ3n) is 2.66. The maximum Gasteiger partial charge on any atom is 0.203 e. The Kier molecular flexibility index (Phi) is 5.51. The van der Waals surface area contributed by atoms with E-state index in [-0.39, 0.29) is 0 Å². The van der Waals surface area contributed by atoms with Crippen LogP contribution in [0.25, 0.3) is 5.65 Å². The number of rotatable bonds is 9. The lowest BCUT2D eigenvalue weighted by Gasteiger charge is -2.06. The summed E-state index contributed by atoms with van der Waals surface area (Å²) in [7, 11) is 1.67. The highest BCUT2D eigenvalue weighted by Gasteiger charge is 2.03. The van der Waals surface area contributed by atoms with Crippen molar-refractivity contribution in [3.8, 4) is 0 Å². The van der Waals surface area contributed by atoms with Gasteiger partial charge < -0.3 is 14.8 Å². The zero-order valence-corrected chi connectivity index (χ0v) is 11.1. The normalized spacial score (nSPS) is 11.0. The Morgan fingerprint density at radius 1 is 1.26 bits per heavy atom. The minimum Gasteiger partial charge on any atom is -0.382 e. The van der Waals surface area contributed by atoms with Gasteiger partial charge in [0.2, 0.25) is 5.65 Å². The molecular formula is C12H19N5O2. The molecule has 0 saturated carbocycles. The summed E-state index contributed by atoms with van der Waals surface area (Å²) >= 11 is 0. The van der Waals surface area contributed by atoms with E-state index in [1.54, 1.807) is 19.6 Å². The number of unbranched alkanes of at least 4 members (excludes halogenated alkanes) is 1. The van der Waals surface area contributed by atoms with Gasteiger partial charge in [-0.1, -0.05) is 0 Å². The fourth-order valence-electron chi connectivity index (χ4n) is 1.66. The summed E-state index contributed by atoms with van der Waals surface area (Å²) < 4.78 is 12.1. The van der Waals surface area contributed by atoms with Gasteiger partial charge in [0, 0.05) is 32.7 Å². The topological polar surface area (TPSA) is 73.6 Å². The van der Waals surface area contributed by atoms with Crippen LogP contribution in [0.2, 0.25) is 0 Å². The Bertz CT molecular complexity index is 488. The van der Waals surface area contributed by atoms with E-state index >= 15 is 0 Å². The van der Waals surface area contributed by atoms with E-state index in [9.17, 15) is 0 Å². The number of fused-ring (bicyclic) bond motifs is 1. The molecule has 7 heteroatoms. The summed E-state index contributed by atoms with van der Waals surface area (Å²) in [5, 5.41) is 11.1. The van der Waals surface area contributed by atoms with Crippen LogP contribution in [0.4, 0.5) is 5.82 Å². The number of hydrogen-bond acceptors (Lipinski definition) is 6. The van der Waals surface area contributed by atoms with Gasteiger partial charge in [-0.2, -0.15) is 0 Å². The van der Waals surface area contributed by atoms with Gasteiger partial charge in [0.05, 0.1) is 13.2 Å². The van der Waals surface area contributed by atoms with E-state index in [2.05, 4.69) is 20.5 Å². The second-order valence-electron chi connectivity index (χ2n) is 4.08. The molecule has 0 bridgehead atoms. The van der Waals surface area contributed by atoms with Crippen LogP contribution in [0.5, 0.6) is 0 Å². The van der Waals surface area contributed by atoms with Crippen LogP contribution in [0.3, 0.4) is 0 Å². The molecule has 0 aliphatic carbocycles. The van der Waals surface area contributed by atoms with Crippen molar-refractivity contribution in [3.63, 3.8) is 0 Å². The summed E-state index contributed by atoms with van der Waals surface area (Å²) in [5.74, 6) is 0.764. The van der Waals surface area contributed by atoms with E-state index in [0.29, 0.717) is 13.2 Å². The summed E-state index contributed by atoms with van der Waals surface area (Å²) in [4.78, 5) is 4.26. The van der Waals surface area contributed by atoms with Crippen molar-refractivity contribution in [2.45, 2.75) is 12.8 Å². The molecule has 2 heterocycles. The monoisotopic (exact) mass is 265 g/mol. The van der Waals surface area contributed by atoms with Crippen LogP contribution in [-0.4, -0.2) is 53.1 Å². The number of aromatic nitrogens is 4. The largest absolute Gasteiger partial charge is 0.382 e. The number of methoxy groups -OCH3 is 1. The molecule has 19 heavy (non-hydrogen) atoms. The molecule has 0 saturated heterocycles. The molecular weight excluding hydrogens is 246 g/mol. The molecule has 0 radical (unpaired) electrons. The van der Waals surface area contributed by atoms with Crippen molar-refractivity contribution >= 4 is 11.5 Å². The highest BCUT2D eigenvalue weighted by atomic mass is 16.5.